The second-order valence-electron chi connectivity index (χ2n) is 4.79. The summed E-state index contributed by atoms with van der Waals surface area (Å²) < 4.78 is 1.80. The number of nitrogens with zero attached hydrogens (tertiary/aromatic N) is 3. The van der Waals surface area contributed by atoms with Gasteiger partial charge in [-0.3, -0.25) is 9.36 Å². The maximum atomic E-state index is 11.7. The maximum absolute atomic E-state index is 11.7. The normalized spacial score (nSPS) is 12.1. The number of pyridine rings is 1. The lowest BCUT2D eigenvalue weighted by molar-refractivity contribution is -0.116. The molecule has 1 atom stereocenters. The predicted octanol–water partition coefficient (Wildman–Crippen LogP) is 1.72. The minimum absolute atomic E-state index is 0.0113. The van der Waals surface area contributed by atoms with Crippen molar-refractivity contribution < 1.29 is 4.79 Å². The van der Waals surface area contributed by atoms with Crippen LogP contribution in [0.4, 0.5) is 5.69 Å². The van der Waals surface area contributed by atoms with Gasteiger partial charge in [0.25, 0.3) is 0 Å². The number of carbonyl (C=O) groups is 1. The Bertz CT molecular complexity index is 533. The van der Waals surface area contributed by atoms with Gasteiger partial charge in [0, 0.05) is 24.9 Å². The second kappa shape index (κ2) is 6.81. The van der Waals surface area contributed by atoms with Crippen LogP contribution in [-0.2, 0) is 4.79 Å². The van der Waals surface area contributed by atoms with Gasteiger partial charge in [-0.15, -0.1) is 0 Å². The van der Waals surface area contributed by atoms with Crippen LogP contribution in [0.2, 0.25) is 0 Å². The molecule has 0 spiro atoms. The Morgan fingerprint density at radius 1 is 1.50 bits per heavy atom. The molecule has 1 unspecified atom stereocenters. The number of anilines is 1. The fraction of sp³-hybridized carbons (Fsp3) is 0.357. The number of amides is 1. The lowest BCUT2D eigenvalue weighted by Crippen LogP contribution is -2.16. The SMILES string of the molecule is CC(N)CCCC(=O)Nc1ccc(-n2ccnc2)nc1. The summed E-state index contributed by atoms with van der Waals surface area (Å²) >= 11 is 0. The molecule has 3 N–H and O–H groups in total. The van der Waals surface area contributed by atoms with E-state index in [0.29, 0.717) is 12.1 Å². The first-order valence-corrected chi connectivity index (χ1v) is 6.65. The van der Waals surface area contributed by atoms with Crippen LogP contribution in [-0.4, -0.2) is 26.5 Å². The second-order valence-corrected chi connectivity index (χ2v) is 4.79. The number of nitrogens with two attached hydrogens (primary N) is 1. The third kappa shape index (κ3) is 4.17. The van der Waals surface area contributed by atoms with Gasteiger partial charge in [-0.25, -0.2) is 9.97 Å². The van der Waals surface area contributed by atoms with E-state index in [1.165, 1.54) is 0 Å². The number of hydrogen-bond acceptors (Lipinski definition) is 4. The van der Waals surface area contributed by atoms with Gasteiger partial charge >= 0.3 is 0 Å². The van der Waals surface area contributed by atoms with Crippen molar-refractivity contribution in [3.8, 4) is 5.82 Å². The molecule has 20 heavy (non-hydrogen) atoms. The maximum Gasteiger partial charge on any atom is 0.224 e. The Hall–Kier alpha value is -2.21. The van der Waals surface area contributed by atoms with E-state index in [0.717, 1.165) is 18.7 Å². The molecule has 6 heteroatoms. The summed E-state index contributed by atoms with van der Waals surface area (Å²) in [6.45, 7) is 1.94. The monoisotopic (exact) mass is 273 g/mol. The molecule has 2 rings (SSSR count). The summed E-state index contributed by atoms with van der Waals surface area (Å²) in [6.07, 6.45) is 8.94. The van der Waals surface area contributed by atoms with E-state index in [-0.39, 0.29) is 11.9 Å². The molecule has 0 bridgehead atoms. The molecule has 0 aliphatic carbocycles. The Kier molecular flexibility index (Phi) is 4.84. The number of hydrogen-bond donors (Lipinski definition) is 2. The lowest BCUT2D eigenvalue weighted by atomic mass is 10.1. The van der Waals surface area contributed by atoms with Crippen LogP contribution in [0.5, 0.6) is 0 Å². The molecule has 2 heterocycles. The van der Waals surface area contributed by atoms with Gasteiger partial charge in [0.15, 0.2) is 0 Å². The van der Waals surface area contributed by atoms with Crippen molar-refractivity contribution >= 4 is 11.6 Å². The van der Waals surface area contributed by atoms with Crippen molar-refractivity contribution in [2.45, 2.75) is 32.2 Å². The van der Waals surface area contributed by atoms with Gasteiger partial charge in [-0.1, -0.05) is 0 Å². The molecule has 2 aromatic heterocycles. The van der Waals surface area contributed by atoms with Gasteiger partial charge in [-0.05, 0) is 31.9 Å². The molecular formula is C14H19N5O. The Balaban J connectivity index is 1.86. The van der Waals surface area contributed by atoms with Crippen molar-refractivity contribution in [2.24, 2.45) is 5.73 Å². The molecule has 0 aliphatic heterocycles. The highest BCUT2D eigenvalue weighted by Crippen LogP contribution is 2.10. The van der Waals surface area contributed by atoms with Crippen LogP contribution in [0.1, 0.15) is 26.2 Å². The number of rotatable bonds is 6. The summed E-state index contributed by atoms with van der Waals surface area (Å²) in [5.41, 5.74) is 6.34. The molecule has 6 nitrogen and oxygen atoms in total. The van der Waals surface area contributed by atoms with E-state index >= 15 is 0 Å². The van der Waals surface area contributed by atoms with Gasteiger partial charge in [-0.2, -0.15) is 0 Å². The van der Waals surface area contributed by atoms with Crippen LogP contribution in [0.15, 0.2) is 37.1 Å². The van der Waals surface area contributed by atoms with Crippen molar-refractivity contribution in [1.29, 1.82) is 0 Å². The minimum atomic E-state index is -0.0113. The van der Waals surface area contributed by atoms with E-state index in [4.69, 9.17) is 5.73 Å². The standard InChI is InChI=1S/C14H19N5O/c1-11(15)3-2-4-14(20)18-12-5-6-13(17-9-12)19-8-7-16-10-19/h5-11H,2-4,15H2,1H3,(H,18,20). The number of imidazole rings is 1. The molecule has 106 valence electrons. The highest BCUT2D eigenvalue weighted by molar-refractivity contribution is 5.90. The van der Waals surface area contributed by atoms with Crippen LogP contribution in [0.3, 0.4) is 0 Å². The van der Waals surface area contributed by atoms with E-state index in [2.05, 4.69) is 15.3 Å². The average molecular weight is 273 g/mol. The van der Waals surface area contributed by atoms with Crippen LogP contribution in [0, 0.1) is 0 Å². The predicted molar refractivity (Wildman–Crippen MR) is 77.5 cm³/mol. The van der Waals surface area contributed by atoms with Gasteiger partial charge < -0.3 is 11.1 Å². The van der Waals surface area contributed by atoms with Crippen molar-refractivity contribution in [3.05, 3.63) is 37.1 Å². The molecule has 0 saturated heterocycles. The zero-order chi connectivity index (χ0) is 14.4. The van der Waals surface area contributed by atoms with E-state index in [1.54, 1.807) is 23.3 Å². The first-order chi connectivity index (χ1) is 9.65. The van der Waals surface area contributed by atoms with Gasteiger partial charge in [0.1, 0.15) is 12.1 Å². The lowest BCUT2D eigenvalue weighted by Gasteiger charge is -2.07. The average Bonchev–Trinajstić information content (AvgIpc) is 2.93. The minimum Gasteiger partial charge on any atom is -0.328 e. The summed E-state index contributed by atoms with van der Waals surface area (Å²) in [5, 5.41) is 2.82. The van der Waals surface area contributed by atoms with Crippen LogP contribution >= 0.6 is 0 Å². The molecule has 0 radical (unpaired) electrons. The zero-order valence-corrected chi connectivity index (χ0v) is 11.5. The molecule has 0 saturated carbocycles. The Morgan fingerprint density at radius 2 is 2.35 bits per heavy atom. The third-order valence-electron chi connectivity index (χ3n) is 2.86. The van der Waals surface area contributed by atoms with Gasteiger partial charge in [0.05, 0.1) is 11.9 Å². The molecule has 0 aromatic carbocycles. The first kappa shape index (κ1) is 14.2. The number of carbonyl (C=O) groups excluding carboxylic acids is 1. The molecule has 0 fully saturated rings. The first-order valence-electron chi connectivity index (χ1n) is 6.65. The molecule has 0 aliphatic rings. The fourth-order valence-corrected chi connectivity index (χ4v) is 1.82. The Labute approximate surface area is 118 Å². The summed E-state index contributed by atoms with van der Waals surface area (Å²) in [5.74, 6) is 0.750. The molecule has 2 aromatic rings. The van der Waals surface area contributed by atoms with Crippen LogP contribution < -0.4 is 11.1 Å². The van der Waals surface area contributed by atoms with E-state index in [9.17, 15) is 4.79 Å². The fourth-order valence-electron chi connectivity index (χ4n) is 1.82. The van der Waals surface area contributed by atoms with Crippen molar-refractivity contribution in [1.82, 2.24) is 14.5 Å². The topological polar surface area (TPSA) is 85.8 Å². The van der Waals surface area contributed by atoms with Gasteiger partial charge in [0.2, 0.25) is 5.91 Å². The van der Waals surface area contributed by atoms with Crippen LogP contribution in [0.25, 0.3) is 5.82 Å². The highest BCUT2D eigenvalue weighted by atomic mass is 16.1. The number of aromatic nitrogens is 3. The Morgan fingerprint density at radius 3 is 2.95 bits per heavy atom. The summed E-state index contributed by atoms with van der Waals surface area (Å²) in [7, 11) is 0. The summed E-state index contributed by atoms with van der Waals surface area (Å²) in [4.78, 5) is 19.9. The van der Waals surface area contributed by atoms with E-state index < -0.39 is 0 Å². The van der Waals surface area contributed by atoms with Crippen molar-refractivity contribution in [2.75, 3.05) is 5.32 Å². The van der Waals surface area contributed by atoms with Crippen molar-refractivity contribution in [3.63, 3.8) is 0 Å². The molecule has 1 amide bonds. The highest BCUT2D eigenvalue weighted by Gasteiger charge is 2.04. The van der Waals surface area contributed by atoms with E-state index in [1.807, 2.05) is 25.3 Å². The third-order valence-corrected chi connectivity index (χ3v) is 2.86. The zero-order valence-electron chi connectivity index (χ0n) is 11.5. The number of nitrogens with one attached hydrogen (secondary N) is 1. The molecular weight excluding hydrogens is 254 g/mol. The quantitative estimate of drug-likeness (QED) is 0.839. The largest absolute Gasteiger partial charge is 0.328 e. The summed E-state index contributed by atoms with van der Waals surface area (Å²) in [6, 6.07) is 3.80. The smallest absolute Gasteiger partial charge is 0.224 e.